The molecule has 2 heterocycles. The summed E-state index contributed by atoms with van der Waals surface area (Å²) in [7, 11) is -3.40. The molecule has 1 aromatic heterocycles. The van der Waals surface area contributed by atoms with Crippen molar-refractivity contribution < 1.29 is 12.9 Å². The van der Waals surface area contributed by atoms with E-state index in [2.05, 4.69) is 5.16 Å². The van der Waals surface area contributed by atoms with Crippen LogP contribution in [-0.2, 0) is 15.8 Å². The molecule has 0 amide bonds. The van der Waals surface area contributed by atoms with Crippen molar-refractivity contribution in [2.45, 2.75) is 19.1 Å². The van der Waals surface area contributed by atoms with Crippen LogP contribution in [0.2, 0.25) is 0 Å². The van der Waals surface area contributed by atoms with Crippen LogP contribution in [0.1, 0.15) is 19.0 Å². The number of benzene rings is 1. The second-order valence-corrected chi connectivity index (χ2v) is 7.95. The van der Waals surface area contributed by atoms with Crippen LogP contribution in [0.25, 0.3) is 11.0 Å². The molecule has 1 fully saturated rings. The van der Waals surface area contributed by atoms with E-state index in [0.29, 0.717) is 30.9 Å². The molecule has 2 aromatic rings. The van der Waals surface area contributed by atoms with Crippen LogP contribution in [0, 0.1) is 5.41 Å². The van der Waals surface area contributed by atoms with E-state index in [9.17, 15) is 8.42 Å². The van der Waals surface area contributed by atoms with Crippen LogP contribution < -0.4 is 5.73 Å². The van der Waals surface area contributed by atoms with Gasteiger partial charge in [-0.15, -0.1) is 12.4 Å². The van der Waals surface area contributed by atoms with Gasteiger partial charge in [-0.25, -0.2) is 12.7 Å². The number of rotatable bonds is 4. The van der Waals surface area contributed by atoms with E-state index in [-0.39, 0.29) is 23.6 Å². The summed E-state index contributed by atoms with van der Waals surface area (Å²) in [5.74, 6) is -0.134. The number of halogens is 1. The number of fused-ring (bicyclic) bond motifs is 1. The van der Waals surface area contributed by atoms with Crippen molar-refractivity contribution in [1.82, 2.24) is 9.46 Å². The van der Waals surface area contributed by atoms with E-state index in [4.69, 9.17) is 10.3 Å². The lowest BCUT2D eigenvalue weighted by molar-refractivity contribution is 0.349. The molecule has 0 radical (unpaired) electrons. The third kappa shape index (κ3) is 3.12. The largest absolute Gasteiger partial charge is 0.356 e. The van der Waals surface area contributed by atoms with Gasteiger partial charge in [-0.05, 0) is 30.5 Å². The van der Waals surface area contributed by atoms with Crippen molar-refractivity contribution in [1.29, 1.82) is 0 Å². The van der Waals surface area contributed by atoms with Crippen molar-refractivity contribution >= 4 is 33.4 Å². The van der Waals surface area contributed by atoms with Gasteiger partial charge in [0.1, 0.15) is 11.4 Å². The second-order valence-electron chi connectivity index (χ2n) is 5.98. The first-order chi connectivity index (χ1) is 9.93. The maximum Gasteiger partial charge on any atom is 0.220 e. The lowest BCUT2D eigenvalue weighted by Gasteiger charge is -2.22. The highest BCUT2D eigenvalue weighted by molar-refractivity contribution is 7.88. The van der Waals surface area contributed by atoms with E-state index in [1.54, 1.807) is 6.07 Å². The van der Waals surface area contributed by atoms with Gasteiger partial charge in [0.05, 0.1) is 0 Å². The fourth-order valence-corrected chi connectivity index (χ4v) is 4.30. The Bertz CT molecular complexity index is 762. The normalized spacial score (nSPS) is 22.8. The molecule has 1 aromatic carbocycles. The van der Waals surface area contributed by atoms with Crippen molar-refractivity contribution in [3.8, 4) is 0 Å². The molecule has 1 unspecified atom stereocenters. The molecule has 0 spiro atoms. The number of nitrogens with zero attached hydrogens (tertiary/aromatic N) is 2. The summed E-state index contributed by atoms with van der Waals surface area (Å²) >= 11 is 0. The molecular formula is C14H20ClN3O3S. The van der Waals surface area contributed by atoms with Gasteiger partial charge < -0.3 is 10.3 Å². The number of hydrogen-bond acceptors (Lipinski definition) is 5. The summed E-state index contributed by atoms with van der Waals surface area (Å²) in [5, 5.41) is 4.65. The zero-order chi connectivity index (χ0) is 15.1. The quantitative estimate of drug-likeness (QED) is 0.911. The molecule has 1 atom stereocenters. The Morgan fingerprint density at radius 1 is 1.41 bits per heavy atom. The SMILES string of the molecule is CC1(CN)CCN(S(=O)(=O)Cc2noc3ccccc23)C1.Cl. The van der Waals surface area contributed by atoms with E-state index in [1.165, 1.54) is 4.31 Å². The molecule has 6 nitrogen and oxygen atoms in total. The predicted octanol–water partition coefficient (Wildman–Crippen LogP) is 1.75. The first-order valence-corrected chi connectivity index (χ1v) is 8.56. The molecular weight excluding hydrogens is 326 g/mol. The molecule has 0 aliphatic carbocycles. The fourth-order valence-electron chi connectivity index (χ4n) is 2.69. The molecule has 2 N–H and O–H groups in total. The molecule has 3 rings (SSSR count). The lowest BCUT2D eigenvalue weighted by atomic mass is 9.90. The average Bonchev–Trinajstić information content (AvgIpc) is 3.05. The summed E-state index contributed by atoms with van der Waals surface area (Å²) in [6.07, 6.45) is 0.794. The van der Waals surface area contributed by atoms with Crippen LogP contribution >= 0.6 is 12.4 Å². The van der Waals surface area contributed by atoms with Crippen LogP contribution in [0.15, 0.2) is 28.8 Å². The van der Waals surface area contributed by atoms with E-state index < -0.39 is 10.0 Å². The smallest absolute Gasteiger partial charge is 0.220 e. The first-order valence-electron chi connectivity index (χ1n) is 6.95. The molecule has 1 aliphatic heterocycles. The van der Waals surface area contributed by atoms with Crippen LogP contribution in [-0.4, -0.2) is 37.5 Å². The number of sulfonamides is 1. The molecule has 8 heteroatoms. The van der Waals surface area contributed by atoms with Crippen molar-refractivity contribution in [3.05, 3.63) is 30.0 Å². The first kappa shape index (κ1) is 17.2. The third-order valence-electron chi connectivity index (χ3n) is 4.18. The minimum absolute atomic E-state index is 0. The van der Waals surface area contributed by atoms with Gasteiger partial charge in [0.15, 0.2) is 5.58 Å². The van der Waals surface area contributed by atoms with E-state index >= 15 is 0 Å². The zero-order valence-electron chi connectivity index (χ0n) is 12.4. The highest BCUT2D eigenvalue weighted by atomic mass is 35.5. The fraction of sp³-hybridized carbons (Fsp3) is 0.500. The Balaban J connectivity index is 0.00000176. The van der Waals surface area contributed by atoms with E-state index in [0.717, 1.165) is 11.8 Å². The third-order valence-corrected chi connectivity index (χ3v) is 5.92. The van der Waals surface area contributed by atoms with Crippen LogP contribution in [0.5, 0.6) is 0 Å². The minimum atomic E-state index is -3.40. The van der Waals surface area contributed by atoms with Gasteiger partial charge in [0, 0.05) is 18.5 Å². The number of aromatic nitrogens is 1. The average molecular weight is 346 g/mol. The topological polar surface area (TPSA) is 89.4 Å². The summed E-state index contributed by atoms with van der Waals surface area (Å²) < 4.78 is 31.8. The van der Waals surface area contributed by atoms with Gasteiger partial charge in [0.25, 0.3) is 0 Å². The summed E-state index contributed by atoms with van der Waals surface area (Å²) in [6, 6.07) is 7.28. The number of para-hydroxylation sites is 1. The molecule has 1 aliphatic rings. The maximum atomic E-state index is 12.6. The molecule has 22 heavy (non-hydrogen) atoms. The van der Waals surface area contributed by atoms with Crippen molar-refractivity contribution in [2.24, 2.45) is 11.1 Å². The van der Waals surface area contributed by atoms with Gasteiger partial charge in [0.2, 0.25) is 10.0 Å². The van der Waals surface area contributed by atoms with Gasteiger partial charge >= 0.3 is 0 Å². The summed E-state index contributed by atoms with van der Waals surface area (Å²) in [5.41, 5.74) is 6.68. The Kier molecular flexibility index (Phi) is 4.81. The van der Waals surface area contributed by atoms with Gasteiger partial charge in [-0.3, -0.25) is 0 Å². The van der Waals surface area contributed by atoms with Crippen molar-refractivity contribution in [2.75, 3.05) is 19.6 Å². The van der Waals surface area contributed by atoms with E-state index in [1.807, 2.05) is 25.1 Å². The Hall–Kier alpha value is -1.15. The van der Waals surface area contributed by atoms with Gasteiger partial charge in [-0.2, -0.15) is 0 Å². The van der Waals surface area contributed by atoms with Crippen LogP contribution in [0.3, 0.4) is 0 Å². The molecule has 1 saturated heterocycles. The standard InChI is InChI=1S/C14H19N3O3S.ClH/c1-14(9-15)6-7-17(10-14)21(18,19)8-12-11-4-2-3-5-13(11)20-16-12;/h2-5H,6-10,15H2,1H3;1H. The highest BCUT2D eigenvalue weighted by Gasteiger charge is 2.38. The number of hydrogen-bond donors (Lipinski definition) is 1. The molecule has 0 bridgehead atoms. The molecule has 122 valence electrons. The monoisotopic (exact) mass is 345 g/mol. The Morgan fingerprint density at radius 2 is 2.14 bits per heavy atom. The second kappa shape index (κ2) is 6.16. The summed E-state index contributed by atoms with van der Waals surface area (Å²) in [4.78, 5) is 0. The van der Waals surface area contributed by atoms with Gasteiger partial charge in [-0.1, -0.05) is 24.2 Å². The zero-order valence-corrected chi connectivity index (χ0v) is 14.0. The highest BCUT2D eigenvalue weighted by Crippen LogP contribution is 2.31. The maximum absolute atomic E-state index is 12.6. The predicted molar refractivity (Wildman–Crippen MR) is 87.2 cm³/mol. The minimum Gasteiger partial charge on any atom is -0.356 e. The van der Waals surface area contributed by atoms with Crippen molar-refractivity contribution in [3.63, 3.8) is 0 Å². The summed E-state index contributed by atoms with van der Waals surface area (Å²) in [6.45, 7) is 3.51. The molecule has 0 saturated carbocycles. The Morgan fingerprint density at radius 3 is 2.82 bits per heavy atom. The Labute approximate surface area is 136 Å². The number of nitrogens with two attached hydrogens (primary N) is 1. The lowest BCUT2D eigenvalue weighted by Crippen LogP contribution is -2.35. The van der Waals surface area contributed by atoms with Crippen LogP contribution in [0.4, 0.5) is 0 Å².